The van der Waals surface area contributed by atoms with Gasteiger partial charge >= 0.3 is 0 Å². The van der Waals surface area contributed by atoms with E-state index in [1.165, 1.54) is 28.0 Å². The second-order valence-corrected chi connectivity index (χ2v) is 8.29. The van der Waals surface area contributed by atoms with Gasteiger partial charge in [0, 0.05) is 22.4 Å². The van der Waals surface area contributed by atoms with Crippen molar-refractivity contribution < 1.29 is 4.79 Å². The molecule has 1 amide bonds. The van der Waals surface area contributed by atoms with Gasteiger partial charge in [-0.3, -0.25) is 10.1 Å². The van der Waals surface area contributed by atoms with Crippen molar-refractivity contribution in [3.8, 4) is 11.4 Å². The van der Waals surface area contributed by atoms with Gasteiger partial charge in [0.2, 0.25) is 11.0 Å². The lowest BCUT2D eigenvalue weighted by atomic mass is 10.2. The average molecular weight is 395 g/mol. The molecule has 7 nitrogen and oxygen atoms in total. The van der Waals surface area contributed by atoms with Crippen LogP contribution in [0.15, 0.2) is 16.6 Å². The summed E-state index contributed by atoms with van der Waals surface area (Å²) in [5.41, 5.74) is 1.08. The molecule has 0 fully saturated rings. The number of nitrogens with one attached hydrogen (secondary N) is 1. The molecule has 3 aromatic heterocycles. The predicted octanol–water partition coefficient (Wildman–Crippen LogP) is 3.48. The third-order valence-corrected chi connectivity index (χ3v) is 6.20. The van der Waals surface area contributed by atoms with E-state index in [1.54, 1.807) is 11.3 Å². The number of aryl methyl sites for hydroxylation is 2. The van der Waals surface area contributed by atoms with E-state index < -0.39 is 0 Å². The molecule has 3 rings (SSSR count). The molecule has 3 aromatic rings. The fraction of sp³-hybridized carbons (Fsp3) is 0.400. The van der Waals surface area contributed by atoms with E-state index in [4.69, 9.17) is 0 Å². The van der Waals surface area contributed by atoms with Gasteiger partial charge in [-0.25, -0.2) is 0 Å². The van der Waals surface area contributed by atoms with Gasteiger partial charge in [0.25, 0.3) is 0 Å². The average Bonchev–Trinajstić information content (AvgIpc) is 3.31. The summed E-state index contributed by atoms with van der Waals surface area (Å²) in [6, 6.07) is 2.15. The van der Waals surface area contributed by atoms with Crippen LogP contribution in [-0.2, 0) is 17.8 Å². The standard InChI is InChI=1S/C15H18N6OS3/c1-4-11-6-10(7-23-11)13-18-20-15(21(13)5-2)24-8-12(22)16-14-19-17-9(3)25-14/h6-7H,4-5,8H2,1-3H3,(H,16,19,22). The first-order chi connectivity index (χ1) is 12.1. The van der Waals surface area contributed by atoms with E-state index in [-0.39, 0.29) is 11.7 Å². The van der Waals surface area contributed by atoms with Crippen molar-refractivity contribution in [2.24, 2.45) is 0 Å². The lowest BCUT2D eigenvalue weighted by molar-refractivity contribution is -0.113. The van der Waals surface area contributed by atoms with Crippen LogP contribution in [0.1, 0.15) is 23.7 Å². The molecule has 0 aromatic carbocycles. The van der Waals surface area contributed by atoms with Crippen molar-refractivity contribution in [1.29, 1.82) is 0 Å². The van der Waals surface area contributed by atoms with E-state index in [1.807, 2.05) is 18.4 Å². The van der Waals surface area contributed by atoms with Gasteiger partial charge in [-0.1, -0.05) is 30.0 Å². The Labute approximate surface area is 157 Å². The number of anilines is 1. The highest BCUT2D eigenvalue weighted by atomic mass is 32.2. The summed E-state index contributed by atoms with van der Waals surface area (Å²) in [7, 11) is 0. The summed E-state index contributed by atoms with van der Waals surface area (Å²) in [6.07, 6.45) is 1.01. The quantitative estimate of drug-likeness (QED) is 0.618. The van der Waals surface area contributed by atoms with Gasteiger partial charge in [-0.05, 0) is 26.3 Å². The summed E-state index contributed by atoms with van der Waals surface area (Å²) in [5.74, 6) is 0.971. The van der Waals surface area contributed by atoms with Crippen molar-refractivity contribution >= 4 is 45.5 Å². The third-order valence-electron chi connectivity index (χ3n) is 3.40. The lowest BCUT2D eigenvalue weighted by Crippen LogP contribution is -2.14. The zero-order valence-corrected chi connectivity index (χ0v) is 16.6. The summed E-state index contributed by atoms with van der Waals surface area (Å²) in [4.78, 5) is 13.4. The molecule has 0 saturated heterocycles. The fourth-order valence-corrected chi connectivity index (χ4v) is 4.43. The number of hydrogen-bond acceptors (Lipinski definition) is 8. The van der Waals surface area contributed by atoms with E-state index in [2.05, 4.69) is 44.1 Å². The minimum atomic E-state index is -0.128. The molecule has 0 aliphatic carbocycles. The number of thiophene rings is 1. The Hall–Kier alpha value is -1.78. The van der Waals surface area contributed by atoms with Crippen LogP contribution >= 0.6 is 34.4 Å². The Morgan fingerprint density at radius 2 is 2.12 bits per heavy atom. The van der Waals surface area contributed by atoms with E-state index >= 15 is 0 Å². The molecule has 0 radical (unpaired) electrons. The largest absolute Gasteiger partial charge is 0.302 e. The number of thioether (sulfide) groups is 1. The topological polar surface area (TPSA) is 85.6 Å². The Kier molecular flexibility index (Phi) is 5.82. The molecule has 25 heavy (non-hydrogen) atoms. The van der Waals surface area contributed by atoms with E-state index in [0.717, 1.165) is 34.5 Å². The van der Waals surface area contributed by atoms with Crippen molar-refractivity contribution in [3.63, 3.8) is 0 Å². The summed E-state index contributed by atoms with van der Waals surface area (Å²) in [5, 5.41) is 23.3. The highest BCUT2D eigenvalue weighted by molar-refractivity contribution is 7.99. The molecule has 0 bridgehead atoms. The lowest BCUT2D eigenvalue weighted by Gasteiger charge is -2.06. The number of hydrogen-bond donors (Lipinski definition) is 1. The maximum atomic E-state index is 12.1. The number of nitrogens with zero attached hydrogens (tertiary/aromatic N) is 5. The first-order valence-corrected chi connectivity index (χ1v) is 10.5. The smallest absolute Gasteiger partial charge is 0.236 e. The Morgan fingerprint density at radius 1 is 1.28 bits per heavy atom. The number of carbonyl (C=O) groups excluding carboxylic acids is 1. The second-order valence-electron chi connectivity index (χ2n) is 5.17. The SMILES string of the molecule is CCc1cc(-c2nnc(SCC(=O)Nc3nnc(C)s3)n2CC)cs1. The molecule has 0 unspecified atom stereocenters. The molecule has 0 spiro atoms. The van der Waals surface area contributed by atoms with Crippen molar-refractivity contribution in [1.82, 2.24) is 25.0 Å². The number of rotatable bonds is 7. The molecule has 0 saturated carbocycles. The van der Waals surface area contributed by atoms with Crippen LogP contribution in [0.3, 0.4) is 0 Å². The maximum Gasteiger partial charge on any atom is 0.236 e. The van der Waals surface area contributed by atoms with Crippen LogP contribution in [0, 0.1) is 6.92 Å². The number of aromatic nitrogens is 5. The van der Waals surface area contributed by atoms with E-state index in [0.29, 0.717) is 5.13 Å². The molecule has 0 aliphatic heterocycles. The summed E-state index contributed by atoms with van der Waals surface area (Å²) >= 11 is 4.46. The Bertz CT molecular complexity index is 868. The summed E-state index contributed by atoms with van der Waals surface area (Å²) < 4.78 is 2.04. The molecular formula is C15H18N6OS3. The van der Waals surface area contributed by atoms with Crippen LogP contribution in [0.4, 0.5) is 5.13 Å². The van der Waals surface area contributed by atoms with Crippen LogP contribution in [-0.4, -0.2) is 36.6 Å². The third kappa shape index (κ3) is 4.25. The molecular weight excluding hydrogens is 376 g/mol. The van der Waals surface area contributed by atoms with Crippen molar-refractivity contribution in [2.45, 2.75) is 38.9 Å². The van der Waals surface area contributed by atoms with Gasteiger partial charge in [-0.2, -0.15) is 0 Å². The number of amides is 1. The maximum absolute atomic E-state index is 12.1. The molecule has 1 N–H and O–H groups in total. The Morgan fingerprint density at radius 3 is 2.76 bits per heavy atom. The Balaban J connectivity index is 1.67. The van der Waals surface area contributed by atoms with Crippen molar-refractivity contribution in [3.05, 3.63) is 21.3 Å². The second kappa shape index (κ2) is 8.07. The van der Waals surface area contributed by atoms with Gasteiger partial charge in [0.1, 0.15) is 5.01 Å². The van der Waals surface area contributed by atoms with Crippen LogP contribution in [0.2, 0.25) is 0 Å². The van der Waals surface area contributed by atoms with Crippen molar-refractivity contribution in [2.75, 3.05) is 11.1 Å². The highest BCUT2D eigenvalue weighted by Gasteiger charge is 2.16. The first-order valence-electron chi connectivity index (χ1n) is 7.84. The molecule has 0 aliphatic rings. The predicted molar refractivity (Wildman–Crippen MR) is 102 cm³/mol. The molecule has 132 valence electrons. The minimum absolute atomic E-state index is 0.128. The van der Waals surface area contributed by atoms with Crippen LogP contribution in [0.25, 0.3) is 11.4 Å². The highest BCUT2D eigenvalue weighted by Crippen LogP contribution is 2.28. The summed E-state index contributed by atoms with van der Waals surface area (Å²) in [6.45, 7) is 6.79. The molecule has 0 atom stereocenters. The van der Waals surface area contributed by atoms with Crippen LogP contribution in [0.5, 0.6) is 0 Å². The zero-order valence-electron chi connectivity index (χ0n) is 14.1. The molecule has 3 heterocycles. The van der Waals surface area contributed by atoms with Gasteiger partial charge in [-0.15, -0.1) is 31.7 Å². The molecule has 10 heteroatoms. The van der Waals surface area contributed by atoms with Gasteiger partial charge in [0.05, 0.1) is 5.75 Å². The first kappa shape index (κ1) is 18.0. The van der Waals surface area contributed by atoms with Crippen LogP contribution < -0.4 is 5.32 Å². The fourth-order valence-electron chi connectivity index (χ4n) is 2.21. The normalized spacial score (nSPS) is 11.0. The number of carbonyl (C=O) groups is 1. The van der Waals surface area contributed by atoms with Gasteiger partial charge in [0.15, 0.2) is 11.0 Å². The zero-order chi connectivity index (χ0) is 17.8. The monoisotopic (exact) mass is 394 g/mol. The van der Waals surface area contributed by atoms with Gasteiger partial charge < -0.3 is 4.57 Å². The minimum Gasteiger partial charge on any atom is -0.302 e. The van der Waals surface area contributed by atoms with E-state index in [9.17, 15) is 4.79 Å².